The second-order valence-electron chi connectivity index (χ2n) is 5.97. The number of carbonyl (C=O) groups excluding carboxylic acids is 3. The van der Waals surface area contributed by atoms with Gasteiger partial charge in [0.25, 0.3) is 11.1 Å². The number of nitrogens with one attached hydrogen (secondary N) is 1. The maximum absolute atomic E-state index is 13.6. The summed E-state index contributed by atoms with van der Waals surface area (Å²) in [4.78, 5) is 48.0. The smallest absolute Gasteiger partial charge is 0.335 e. The number of benzene rings is 2. The van der Waals surface area contributed by atoms with Gasteiger partial charge >= 0.3 is 5.97 Å². The molecule has 2 aromatic carbocycles. The highest BCUT2D eigenvalue weighted by Crippen LogP contribution is 2.32. The molecule has 7 nitrogen and oxygen atoms in total. The molecule has 30 heavy (non-hydrogen) atoms. The van der Waals surface area contributed by atoms with E-state index in [2.05, 4.69) is 0 Å². The Kier molecular flexibility index (Phi) is 5.92. The molecule has 0 atom stereocenters. The van der Waals surface area contributed by atoms with Crippen LogP contribution < -0.4 is 5.32 Å². The third-order valence-corrected chi connectivity index (χ3v) is 4.85. The molecule has 0 saturated carbocycles. The highest BCUT2D eigenvalue weighted by atomic mass is 32.2. The largest absolute Gasteiger partial charge is 0.478 e. The van der Waals surface area contributed by atoms with Gasteiger partial charge in [0.2, 0.25) is 5.91 Å². The summed E-state index contributed by atoms with van der Waals surface area (Å²) < 4.78 is 39.8. The average Bonchev–Trinajstić information content (AvgIpc) is 2.96. The van der Waals surface area contributed by atoms with Crippen molar-refractivity contribution in [2.24, 2.45) is 0 Å². The Morgan fingerprint density at radius 2 is 1.70 bits per heavy atom. The van der Waals surface area contributed by atoms with Crippen LogP contribution in [0.1, 0.15) is 15.9 Å². The highest BCUT2D eigenvalue weighted by Gasteiger charge is 2.36. The zero-order valence-corrected chi connectivity index (χ0v) is 15.6. The van der Waals surface area contributed by atoms with Crippen LogP contribution in [0.5, 0.6) is 0 Å². The summed E-state index contributed by atoms with van der Waals surface area (Å²) in [5.41, 5.74) is -0.139. The zero-order valence-electron chi connectivity index (χ0n) is 14.8. The van der Waals surface area contributed by atoms with E-state index in [9.17, 15) is 32.3 Å². The fourth-order valence-electron chi connectivity index (χ4n) is 2.47. The number of carboxylic acid groups (broad SMARTS) is 1. The van der Waals surface area contributed by atoms with Gasteiger partial charge in [-0.15, -0.1) is 0 Å². The van der Waals surface area contributed by atoms with Gasteiger partial charge in [-0.1, -0.05) is 12.1 Å². The van der Waals surface area contributed by atoms with Crippen molar-refractivity contribution in [3.8, 4) is 0 Å². The van der Waals surface area contributed by atoms with Gasteiger partial charge in [-0.3, -0.25) is 19.3 Å². The molecule has 11 heteroatoms. The van der Waals surface area contributed by atoms with Crippen LogP contribution in [0, 0.1) is 17.5 Å². The van der Waals surface area contributed by atoms with Gasteiger partial charge in [0.05, 0.1) is 16.2 Å². The molecule has 0 aliphatic carbocycles. The van der Waals surface area contributed by atoms with Crippen LogP contribution >= 0.6 is 11.8 Å². The van der Waals surface area contributed by atoms with Gasteiger partial charge in [-0.2, -0.15) is 0 Å². The SMILES string of the molecule is O=C(CN1C(=O)SC(=Cc2ccc(C(=O)O)cc2)C1=O)Nc1ccc(F)c(F)c1F. The first-order valence-electron chi connectivity index (χ1n) is 8.19. The van der Waals surface area contributed by atoms with E-state index in [1.54, 1.807) is 0 Å². The van der Waals surface area contributed by atoms with Crippen LogP contribution in [0.4, 0.5) is 23.7 Å². The van der Waals surface area contributed by atoms with Gasteiger partial charge in [0.1, 0.15) is 6.54 Å². The summed E-state index contributed by atoms with van der Waals surface area (Å²) >= 11 is 0.562. The number of aromatic carboxylic acids is 1. The van der Waals surface area contributed by atoms with Gasteiger partial charge in [-0.25, -0.2) is 18.0 Å². The number of hydrogen-bond donors (Lipinski definition) is 2. The maximum Gasteiger partial charge on any atom is 0.335 e. The molecule has 154 valence electrons. The standard InChI is InChI=1S/C19H11F3N2O5S/c20-11-5-6-12(16(22)15(11)21)23-14(25)8-24-17(26)13(30-19(24)29)7-9-1-3-10(4-2-9)18(27)28/h1-7H,8H2,(H,23,25)(H,27,28). The lowest BCUT2D eigenvalue weighted by Gasteiger charge is -2.13. The van der Waals surface area contributed by atoms with Crippen molar-refractivity contribution in [1.29, 1.82) is 0 Å². The topological polar surface area (TPSA) is 104 Å². The van der Waals surface area contributed by atoms with Crippen LogP contribution in [0.3, 0.4) is 0 Å². The minimum Gasteiger partial charge on any atom is -0.478 e. The molecule has 3 rings (SSSR count). The molecule has 0 radical (unpaired) electrons. The molecule has 3 amide bonds. The number of carbonyl (C=O) groups is 4. The Morgan fingerprint density at radius 1 is 1.03 bits per heavy atom. The summed E-state index contributed by atoms with van der Waals surface area (Å²) in [6.07, 6.45) is 1.35. The zero-order chi connectivity index (χ0) is 22.0. The fraction of sp³-hybridized carbons (Fsp3) is 0.0526. The molecule has 0 bridgehead atoms. The number of rotatable bonds is 5. The van der Waals surface area contributed by atoms with Crippen molar-refractivity contribution in [2.75, 3.05) is 11.9 Å². The highest BCUT2D eigenvalue weighted by molar-refractivity contribution is 8.18. The third kappa shape index (κ3) is 4.35. The quantitative estimate of drug-likeness (QED) is 0.550. The summed E-state index contributed by atoms with van der Waals surface area (Å²) in [6, 6.07) is 6.95. The van der Waals surface area contributed by atoms with Crippen molar-refractivity contribution in [3.63, 3.8) is 0 Å². The maximum atomic E-state index is 13.6. The second-order valence-corrected chi connectivity index (χ2v) is 6.96. The third-order valence-electron chi connectivity index (χ3n) is 3.94. The van der Waals surface area contributed by atoms with Crippen molar-refractivity contribution >= 4 is 46.5 Å². The number of thioether (sulfide) groups is 1. The monoisotopic (exact) mass is 436 g/mol. The fourth-order valence-corrected chi connectivity index (χ4v) is 3.30. The molecule has 1 aliphatic rings. The van der Waals surface area contributed by atoms with E-state index in [-0.39, 0.29) is 10.5 Å². The minimum atomic E-state index is -1.77. The normalized spacial score (nSPS) is 15.0. The number of hydrogen-bond acceptors (Lipinski definition) is 5. The van der Waals surface area contributed by atoms with E-state index < -0.39 is 52.7 Å². The van der Waals surface area contributed by atoms with E-state index in [0.717, 1.165) is 6.07 Å². The molecule has 1 heterocycles. The van der Waals surface area contributed by atoms with Gasteiger partial charge < -0.3 is 10.4 Å². The molecule has 0 aromatic heterocycles. The Balaban J connectivity index is 1.71. The van der Waals surface area contributed by atoms with Crippen LogP contribution in [0.15, 0.2) is 41.3 Å². The van der Waals surface area contributed by atoms with Crippen LogP contribution in [0.2, 0.25) is 0 Å². The van der Waals surface area contributed by atoms with E-state index in [4.69, 9.17) is 5.11 Å². The van der Waals surface area contributed by atoms with Crippen LogP contribution in [-0.4, -0.2) is 39.6 Å². The lowest BCUT2D eigenvalue weighted by atomic mass is 10.1. The average molecular weight is 436 g/mol. The van der Waals surface area contributed by atoms with Crippen LogP contribution in [0.25, 0.3) is 6.08 Å². The van der Waals surface area contributed by atoms with Crippen molar-refractivity contribution < 1.29 is 37.5 Å². The first-order chi connectivity index (χ1) is 14.2. The minimum absolute atomic E-state index is 0.00474. The number of amides is 3. The van der Waals surface area contributed by atoms with Crippen molar-refractivity contribution in [3.05, 3.63) is 69.9 Å². The molecule has 0 spiro atoms. The van der Waals surface area contributed by atoms with Crippen molar-refractivity contribution in [1.82, 2.24) is 4.90 Å². The molecular formula is C19H11F3N2O5S. The number of anilines is 1. The summed E-state index contributed by atoms with van der Waals surface area (Å²) in [7, 11) is 0. The molecule has 1 saturated heterocycles. The predicted molar refractivity (Wildman–Crippen MR) is 101 cm³/mol. The van der Waals surface area contributed by atoms with Gasteiger partial charge in [0, 0.05) is 0 Å². The Bertz CT molecular complexity index is 1100. The Morgan fingerprint density at radius 3 is 2.33 bits per heavy atom. The first-order valence-corrected chi connectivity index (χ1v) is 9.01. The lowest BCUT2D eigenvalue weighted by Crippen LogP contribution is -2.36. The summed E-state index contributed by atoms with van der Waals surface area (Å²) in [5.74, 6) is -7.70. The number of nitrogens with zero attached hydrogens (tertiary/aromatic N) is 1. The predicted octanol–water partition coefficient (Wildman–Crippen LogP) is 3.48. The number of imide groups is 1. The summed E-state index contributed by atoms with van der Waals surface area (Å²) in [5, 5.41) is 10.1. The Labute approximate surface area is 171 Å². The molecule has 0 unspecified atom stereocenters. The number of halogens is 3. The number of carboxylic acids is 1. The summed E-state index contributed by atoms with van der Waals surface area (Å²) in [6.45, 7) is -0.765. The molecule has 2 aromatic rings. The molecular weight excluding hydrogens is 425 g/mol. The molecule has 1 fully saturated rings. The second kappa shape index (κ2) is 8.41. The van der Waals surface area contributed by atoms with E-state index in [1.807, 2.05) is 5.32 Å². The lowest BCUT2D eigenvalue weighted by molar-refractivity contribution is -0.127. The van der Waals surface area contributed by atoms with Gasteiger partial charge in [-0.05, 0) is 47.7 Å². The van der Waals surface area contributed by atoms with Crippen molar-refractivity contribution in [2.45, 2.75) is 0 Å². The van der Waals surface area contributed by atoms with E-state index >= 15 is 0 Å². The van der Waals surface area contributed by atoms with E-state index in [0.29, 0.717) is 28.3 Å². The van der Waals surface area contributed by atoms with Crippen LogP contribution in [-0.2, 0) is 9.59 Å². The van der Waals surface area contributed by atoms with E-state index in [1.165, 1.54) is 30.3 Å². The first kappa shape index (κ1) is 21.1. The molecule has 2 N–H and O–H groups in total. The van der Waals surface area contributed by atoms with Gasteiger partial charge in [0.15, 0.2) is 17.5 Å². The molecule has 1 aliphatic heterocycles. The Hall–Kier alpha value is -3.60.